The number of methoxy groups -OCH3 is 2. The maximum atomic E-state index is 13.8. The summed E-state index contributed by atoms with van der Waals surface area (Å²) in [6.07, 6.45) is 1.26. The summed E-state index contributed by atoms with van der Waals surface area (Å²) in [6.45, 7) is 0. The van der Waals surface area contributed by atoms with Crippen LogP contribution in [0.25, 0.3) is 0 Å². The molecule has 1 aromatic heterocycles. The fraction of sp³-hybridized carbons (Fsp3) is 0.231. The largest absolute Gasteiger partial charge is 0.480 e. The van der Waals surface area contributed by atoms with Gasteiger partial charge in [0.1, 0.15) is 5.69 Å². The molecule has 0 spiro atoms. The summed E-state index contributed by atoms with van der Waals surface area (Å²) in [5, 5.41) is 0. The molecule has 8 heteroatoms. The minimum atomic E-state index is -1.59. The van der Waals surface area contributed by atoms with E-state index in [1.54, 1.807) is 0 Å². The summed E-state index contributed by atoms with van der Waals surface area (Å²) >= 11 is 0. The molecule has 0 aliphatic heterocycles. The summed E-state index contributed by atoms with van der Waals surface area (Å²) in [7, 11) is 2.71. The fourth-order valence-electron chi connectivity index (χ4n) is 1.76. The summed E-state index contributed by atoms with van der Waals surface area (Å²) < 4.78 is 49.9. The molecular formula is C13H12F3N3O2. The topological polar surface area (TPSA) is 70.3 Å². The van der Waals surface area contributed by atoms with Gasteiger partial charge >= 0.3 is 0 Å². The number of aromatic nitrogens is 2. The molecular weight excluding hydrogens is 287 g/mol. The number of halogens is 3. The van der Waals surface area contributed by atoms with Crippen LogP contribution in [0.1, 0.15) is 17.3 Å². The van der Waals surface area contributed by atoms with Crippen molar-refractivity contribution in [2.45, 2.75) is 6.04 Å². The molecule has 0 amide bonds. The van der Waals surface area contributed by atoms with Gasteiger partial charge < -0.3 is 15.2 Å². The molecule has 1 unspecified atom stereocenters. The smallest absolute Gasteiger partial charge is 0.240 e. The van der Waals surface area contributed by atoms with Crippen LogP contribution in [0.5, 0.6) is 11.8 Å². The van der Waals surface area contributed by atoms with E-state index < -0.39 is 23.5 Å². The van der Waals surface area contributed by atoms with Gasteiger partial charge in [0.25, 0.3) is 0 Å². The van der Waals surface area contributed by atoms with Crippen molar-refractivity contribution < 1.29 is 22.6 Å². The predicted molar refractivity (Wildman–Crippen MR) is 67.5 cm³/mol. The Morgan fingerprint density at radius 3 is 2.43 bits per heavy atom. The third-order valence-corrected chi connectivity index (χ3v) is 2.84. The zero-order chi connectivity index (χ0) is 15.6. The highest BCUT2D eigenvalue weighted by Gasteiger charge is 2.24. The van der Waals surface area contributed by atoms with Gasteiger partial charge in [0.15, 0.2) is 17.5 Å². The highest BCUT2D eigenvalue weighted by atomic mass is 19.2. The van der Waals surface area contributed by atoms with Gasteiger partial charge in [0.05, 0.1) is 26.5 Å². The first kappa shape index (κ1) is 15.0. The average molecular weight is 299 g/mol. The minimum Gasteiger partial charge on any atom is -0.480 e. The maximum absolute atomic E-state index is 13.8. The van der Waals surface area contributed by atoms with Crippen LogP contribution in [0.4, 0.5) is 13.2 Å². The van der Waals surface area contributed by atoms with Crippen molar-refractivity contribution in [3.05, 3.63) is 47.0 Å². The first-order valence-electron chi connectivity index (χ1n) is 5.83. The molecule has 2 aromatic rings. The van der Waals surface area contributed by atoms with Gasteiger partial charge in [-0.1, -0.05) is 6.07 Å². The van der Waals surface area contributed by atoms with Crippen LogP contribution in [-0.4, -0.2) is 24.2 Å². The number of benzene rings is 1. The number of nitrogens with zero attached hydrogens (tertiary/aromatic N) is 2. The second-order valence-corrected chi connectivity index (χ2v) is 4.05. The molecule has 0 radical (unpaired) electrons. The van der Waals surface area contributed by atoms with Crippen LogP contribution in [0.2, 0.25) is 0 Å². The van der Waals surface area contributed by atoms with E-state index in [0.29, 0.717) is 0 Å². The van der Waals surface area contributed by atoms with Gasteiger partial charge in [-0.05, 0) is 6.07 Å². The van der Waals surface area contributed by atoms with E-state index in [0.717, 1.165) is 12.1 Å². The lowest BCUT2D eigenvalue weighted by molar-refractivity contribution is 0.354. The second kappa shape index (κ2) is 5.96. The van der Waals surface area contributed by atoms with Gasteiger partial charge in [-0.25, -0.2) is 18.2 Å². The molecule has 112 valence electrons. The summed E-state index contributed by atoms with van der Waals surface area (Å²) in [4.78, 5) is 7.92. The summed E-state index contributed by atoms with van der Waals surface area (Å²) in [5.74, 6) is -4.08. The average Bonchev–Trinajstić information content (AvgIpc) is 2.51. The third-order valence-electron chi connectivity index (χ3n) is 2.84. The van der Waals surface area contributed by atoms with Gasteiger partial charge in [0.2, 0.25) is 11.8 Å². The van der Waals surface area contributed by atoms with E-state index in [2.05, 4.69) is 9.97 Å². The Kier molecular flexibility index (Phi) is 4.27. The second-order valence-electron chi connectivity index (χ2n) is 4.05. The quantitative estimate of drug-likeness (QED) is 0.874. The highest BCUT2D eigenvalue weighted by Crippen LogP contribution is 2.29. The number of nitrogens with two attached hydrogens (primary N) is 1. The predicted octanol–water partition coefficient (Wildman–Crippen LogP) is 1.96. The molecule has 0 aliphatic carbocycles. The summed E-state index contributed by atoms with van der Waals surface area (Å²) in [6, 6.07) is 0.661. The zero-order valence-electron chi connectivity index (χ0n) is 11.2. The Bertz CT molecular complexity index is 667. The molecule has 1 aromatic carbocycles. The Labute approximate surface area is 118 Å². The van der Waals surface area contributed by atoms with Gasteiger partial charge in [0, 0.05) is 5.56 Å². The lowest BCUT2D eigenvalue weighted by Crippen LogP contribution is -2.18. The van der Waals surface area contributed by atoms with Crippen molar-refractivity contribution in [3.63, 3.8) is 0 Å². The van der Waals surface area contributed by atoms with Crippen molar-refractivity contribution in [1.29, 1.82) is 0 Å². The highest BCUT2D eigenvalue weighted by molar-refractivity contribution is 5.35. The molecule has 0 fully saturated rings. The van der Waals surface area contributed by atoms with Gasteiger partial charge in [-0.2, -0.15) is 4.98 Å². The zero-order valence-corrected chi connectivity index (χ0v) is 11.2. The molecule has 2 N–H and O–H groups in total. The van der Waals surface area contributed by atoms with Crippen molar-refractivity contribution in [3.8, 4) is 11.8 Å². The van der Waals surface area contributed by atoms with E-state index in [4.69, 9.17) is 15.2 Å². The van der Waals surface area contributed by atoms with E-state index in [1.165, 1.54) is 20.4 Å². The molecule has 0 aliphatic rings. The number of hydrogen-bond donors (Lipinski definition) is 1. The molecule has 0 bridgehead atoms. The monoisotopic (exact) mass is 299 g/mol. The summed E-state index contributed by atoms with van der Waals surface area (Å²) in [5.41, 5.74) is 5.67. The molecule has 0 saturated heterocycles. The van der Waals surface area contributed by atoms with Crippen molar-refractivity contribution in [2.24, 2.45) is 5.73 Å². The van der Waals surface area contributed by atoms with Crippen LogP contribution in [0, 0.1) is 17.5 Å². The van der Waals surface area contributed by atoms with Gasteiger partial charge in [-0.15, -0.1) is 0 Å². The van der Waals surface area contributed by atoms with Crippen LogP contribution in [0.15, 0.2) is 18.3 Å². The third kappa shape index (κ3) is 2.75. The Balaban J connectivity index is 2.49. The normalized spacial score (nSPS) is 12.1. The first-order valence-corrected chi connectivity index (χ1v) is 5.83. The lowest BCUT2D eigenvalue weighted by atomic mass is 10.0. The fourth-order valence-corrected chi connectivity index (χ4v) is 1.76. The molecule has 5 nitrogen and oxygen atoms in total. The van der Waals surface area contributed by atoms with Crippen molar-refractivity contribution in [2.75, 3.05) is 14.2 Å². The van der Waals surface area contributed by atoms with Gasteiger partial charge in [-0.3, -0.25) is 0 Å². The number of rotatable bonds is 4. The lowest BCUT2D eigenvalue weighted by Gasteiger charge is -2.15. The number of hydrogen-bond acceptors (Lipinski definition) is 5. The first-order chi connectivity index (χ1) is 9.99. The van der Waals surface area contributed by atoms with Crippen LogP contribution in [0.3, 0.4) is 0 Å². The van der Waals surface area contributed by atoms with Crippen LogP contribution >= 0.6 is 0 Å². The van der Waals surface area contributed by atoms with Crippen LogP contribution < -0.4 is 15.2 Å². The van der Waals surface area contributed by atoms with Crippen LogP contribution in [-0.2, 0) is 0 Å². The molecule has 0 saturated carbocycles. The Morgan fingerprint density at radius 2 is 1.81 bits per heavy atom. The maximum Gasteiger partial charge on any atom is 0.240 e. The SMILES string of the molecule is COc1cnc(C(N)c2ccc(F)c(F)c2F)c(OC)n1. The molecule has 1 atom stereocenters. The van der Waals surface area contributed by atoms with E-state index in [1.807, 2.05) is 0 Å². The minimum absolute atomic E-state index is 0.00554. The van der Waals surface area contributed by atoms with Crippen molar-refractivity contribution in [1.82, 2.24) is 9.97 Å². The standard InChI is InChI=1S/C13H12F3N3O2/c1-20-8-5-18-12(13(19-8)21-2)11(17)6-3-4-7(14)10(16)9(6)15/h3-5,11H,17H2,1-2H3. The molecule has 1 heterocycles. The van der Waals surface area contributed by atoms with E-state index in [9.17, 15) is 13.2 Å². The Hall–Kier alpha value is -2.35. The van der Waals surface area contributed by atoms with E-state index >= 15 is 0 Å². The molecule has 21 heavy (non-hydrogen) atoms. The van der Waals surface area contributed by atoms with Crippen molar-refractivity contribution >= 4 is 0 Å². The molecule has 2 rings (SSSR count). The number of ether oxygens (including phenoxy) is 2. The van der Waals surface area contributed by atoms with E-state index in [-0.39, 0.29) is 23.0 Å². The Morgan fingerprint density at radius 1 is 1.10 bits per heavy atom.